The van der Waals surface area contributed by atoms with E-state index in [0.29, 0.717) is 0 Å². The largest absolute Gasteiger partial charge is 0.309 e. The minimum atomic E-state index is 0.910. The van der Waals surface area contributed by atoms with Gasteiger partial charge in [-0.05, 0) is 117 Å². The van der Waals surface area contributed by atoms with Crippen molar-refractivity contribution in [1.29, 1.82) is 0 Å². The van der Waals surface area contributed by atoms with Crippen molar-refractivity contribution in [3.63, 3.8) is 0 Å². The third kappa shape index (κ3) is 5.90. The Morgan fingerprint density at radius 2 is 0.743 bits per heavy atom. The van der Waals surface area contributed by atoms with Crippen LogP contribution >= 0.6 is 0 Å². The Kier molecular flexibility index (Phi) is 8.33. The summed E-state index contributed by atoms with van der Waals surface area (Å²) in [6.07, 6.45) is 0. The number of pyridine rings is 2. The molecule has 0 saturated carbocycles. The molecule has 11 aromatic carbocycles. The van der Waals surface area contributed by atoms with E-state index in [1.807, 2.05) is 0 Å². The Hall–Kier alpha value is -9.38. The fourth-order valence-electron chi connectivity index (χ4n) is 11.4. The Labute approximate surface area is 402 Å². The fourth-order valence-corrected chi connectivity index (χ4v) is 11.4. The lowest BCUT2D eigenvalue weighted by Gasteiger charge is -2.16. The first-order chi connectivity index (χ1) is 34.7. The second-order valence-electron chi connectivity index (χ2n) is 18.6. The smallest absolute Gasteiger partial charge is 0.0978 e. The average molecular weight is 889 g/mol. The van der Waals surface area contributed by atoms with Gasteiger partial charge in [0.15, 0.2) is 0 Å². The molecule has 0 fully saturated rings. The topological polar surface area (TPSA) is 35.6 Å². The minimum absolute atomic E-state index is 0.910. The third-order valence-corrected chi connectivity index (χ3v) is 14.6. The van der Waals surface area contributed by atoms with Crippen molar-refractivity contribution < 1.29 is 0 Å². The highest BCUT2D eigenvalue weighted by molar-refractivity contribution is 6.16. The van der Waals surface area contributed by atoms with Crippen LogP contribution in [0.3, 0.4) is 0 Å². The molecule has 0 amide bonds. The van der Waals surface area contributed by atoms with E-state index in [-0.39, 0.29) is 0 Å². The second kappa shape index (κ2) is 15.1. The summed E-state index contributed by atoms with van der Waals surface area (Å²) in [4.78, 5) is 10.6. The summed E-state index contributed by atoms with van der Waals surface area (Å²) < 4.78 is 4.87. The van der Waals surface area contributed by atoms with Gasteiger partial charge in [-0.15, -0.1) is 0 Å². The molecule has 70 heavy (non-hydrogen) atoms. The number of para-hydroxylation sites is 5. The molecular formula is C66H40N4. The molecule has 4 heteroatoms. The van der Waals surface area contributed by atoms with E-state index in [9.17, 15) is 0 Å². The van der Waals surface area contributed by atoms with Crippen LogP contribution in [0.4, 0.5) is 0 Å². The van der Waals surface area contributed by atoms with E-state index in [1.54, 1.807) is 0 Å². The maximum absolute atomic E-state index is 5.38. The molecule has 0 saturated heterocycles. The van der Waals surface area contributed by atoms with Crippen molar-refractivity contribution in [2.75, 3.05) is 0 Å². The molecule has 15 aromatic rings. The summed E-state index contributed by atoms with van der Waals surface area (Å²) in [6.45, 7) is 0. The van der Waals surface area contributed by atoms with Gasteiger partial charge < -0.3 is 9.13 Å². The zero-order valence-electron chi connectivity index (χ0n) is 37.9. The van der Waals surface area contributed by atoms with Crippen molar-refractivity contribution >= 4 is 97.9 Å². The summed E-state index contributed by atoms with van der Waals surface area (Å²) in [5.41, 5.74) is 16.5. The highest BCUT2D eigenvalue weighted by Gasteiger charge is 2.19. The van der Waals surface area contributed by atoms with Gasteiger partial charge in [0.05, 0.1) is 44.3 Å². The molecule has 0 unspecified atom stereocenters. The lowest BCUT2D eigenvalue weighted by Crippen LogP contribution is -2.00. The summed E-state index contributed by atoms with van der Waals surface area (Å²) in [5, 5.41) is 13.1. The van der Waals surface area contributed by atoms with E-state index in [0.717, 1.165) is 66.5 Å². The van der Waals surface area contributed by atoms with Gasteiger partial charge in [-0.2, -0.15) is 0 Å². The van der Waals surface area contributed by atoms with Crippen LogP contribution in [-0.2, 0) is 0 Å². The number of aromatic nitrogens is 4. The molecule has 0 spiro atoms. The van der Waals surface area contributed by atoms with Crippen LogP contribution in [0.1, 0.15) is 0 Å². The molecule has 0 radical (unpaired) electrons. The van der Waals surface area contributed by atoms with Gasteiger partial charge in [0.25, 0.3) is 0 Å². The molecule has 0 atom stereocenters. The SMILES string of the molecule is c1ccc(-c2c3ccccc3nc3c2ccc2ccc(-c4ccc5cc6cc(-c7cc(-n8c9ccccc9c9ccccc98)cc(-n8c9ccccc9c9ccccc98)c7)ccc6cc5c4)nc23)cc1. The Morgan fingerprint density at radius 1 is 0.257 bits per heavy atom. The Morgan fingerprint density at radius 3 is 1.34 bits per heavy atom. The molecule has 0 bridgehead atoms. The molecule has 0 aliphatic rings. The fraction of sp³-hybridized carbons (Fsp3) is 0. The first-order valence-electron chi connectivity index (χ1n) is 24.0. The van der Waals surface area contributed by atoms with Crippen molar-refractivity contribution in [2.24, 2.45) is 0 Å². The zero-order valence-corrected chi connectivity index (χ0v) is 37.9. The van der Waals surface area contributed by atoms with E-state index >= 15 is 0 Å². The lowest BCUT2D eigenvalue weighted by molar-refractivity contribution is 1.13. The van der Waals surface area contributed by atoms with Gasteiger partial charge in [0, 0.05) is 60.2 Å². The van der Waals surface area contributed by atoms with Gasteiger partial charge in [-0.25, -0.2) is 9.97 Å². The normalized spacial score (nSPS) is 12.0. The maximum Gasteiger partial charge on any atom is 0.0978 e. The summed E-state index contributed by atoms with van der Waals surface area (Å²) in [7, 11) is 0. The highest BCUT2D eigenvalue weighted by atomic mass is 15.0. The first kappa shape index (κ1) is 38.7. The van der Waals surface area contributed by atoms with Crippen molar-refractivity contribution in [1.82, 2.24) is 19.1 Å². The van der Waals surface area contributed by atoms with E-state index in [1.165, 1.54) is 76.3 Å². The monoisotopic (exact) mass is 888 g/mol. The summed E-state index contributed by atoms with van der Waals surface area (Å²) >= 11 is 0. The van der Waals surface area contributed by atoms with Crippen LogP contribution in [0.2, 0.25) is 0 Å². The quantitative estimate of drug-likeness (QED) is 0.127. The summed E-state index contributed by atoms with van der Waals surface area (Å²) in [6, 6.07) is 88.3. The van der Waals surface area contributed by atoms with Gasteiger partial charge >= 0.3 is 0 Å². The standard InChI is InChI=1S/C66H40N4/c1-2-14-41(15-3-1)64-56-20-4-9-21-59(56)68-66-57(64)32-30-42-31-33-58(67-65(42)66)46-29-28-44-34-47-36-45(27-26-43(47)35-48(44)37-46)49-38-50(69-60-22-10-5-16-52(60)53-17-6-11-23-61(53)69)40-51(39-49)70-62-24-12-7-18-54(62)55-19-8-13-25-63(55)70/h1-40H. The molecule has 4 heterocycles. The maximum atomic E-state index is 5.38. The molecule has 0 N–H and O–H groups in total. The summed E-state index contributed by atoms with van der Waals surface area (Å²) in [5.74, 6) is 0. The number of nitrogens with zero attached hydrogens (tertiary/aromatic N) is 4. The van der Waals surface area contributed by atoms with Crippen LogP contribution in [0, 0.1) is 0 Å². The third-order valence-electron chi connectivity index (χ3n) is 14.6. The number of benzene rings is 11. The Bertz CT molecular complexity index is 4420. The number of fused-ring (bicyclic) bond motifs is 12. The van der Waals surface area contributed by atoms with Crippen molar-refractivity contribution in [3.8, 4) is 44.9 Å². The van der Waals surface area contributed by atoms with Crippen LogP contribution in [-0.4, -0.2) is 19.1 Å². The molecular weight excluding hydrogens is 849 g/mol. The number of rotatable bonds is 5. The number of hydrogen-bond donors (Lipinski definition) is 0. The van der Waals surface area contributed by atoms with Crippen LogP contribution in [0.25, 0.3) is 143 Å². The first-order valence-corrected chi connectivity index (χ1v) is 24.0. The molecule has 15 rings (SSSR count). The van der Waals surface area contributed by atoms with E-state index in [4.69, 9.17) is 9.97 Å². The van der Waals surface area contributed by atoms with Gasteiger partial charge in [0.1, 0.15) is 0 Å². The lowest BCUT2D eigenvalue weighted by atomic mass is 9.95. The van der Waals surface area contributed by atoms with Crippen LogP contribution in [0.15, 0.2) is 243 Å². The molecule has 0 aliphatic carbocycles. The molecule has 4 aromatic heterocycles. The van der Waals surface area contributed by atoms with Crippen molar-refractivity contribution in [2.45, 2.75) is 0 Å². The zero-order chi connectivity index (χ0) is 45.9. The molecule has 4 nitrogen and oxygen atoms in total. The predicted molar refractivity (Wildman–Crippen MR) is 295 cm³/mol. The van der Waals surface area contributed by atoms with Gasteiger partial charge in [0.2, 0.25) is 0 Å². The van der Waals surface area contributed by atoms with E-state index < -0.39 is 0 Å². The van der Waals surface area contributed by atoms with Crippen molar-refractivity contribution in [3.05, 3.63) is 243 Å². The number of hydrogen-bond acceptors (Lipinski definition) is 2. The predicted octanol–water partition coefficient (Wildman–Crippen LogP) is 17.4. The molecule has 0 aliphatic heterocycles. The minimum Gasteiger partial charge on any atom is -0.309 e. The Balaban J connectivity index is 0.874. The average Bonchev–Trinajstić information content (AvgIpc) is 3.94. The van der Waals surface area contributed by atoms with Gasteiger partial charge in [-0.1, -0.05) is 164 Å². The van der Waals surface area contributed by atoms with Crippen LogP contribution < -0.4 is 0 Å². The molecule has 324 valence electrons. The second-order valence-corrected chi connectivity index (χ2v) is 18.6. The highest BCUT2D eigenvalue weighted by Crippen LogP contribution is 2.41. The van der Waals surface area contributed by atoms with Crippen LogP contribution in [0.5, 0.6) is 0 Å². The van der Waals surface area contributed by atoms with Gasteiger partial charge in [-0.3, -0.25) is 0 Å². The van der Waals surface area contributed by atoms with E-state index in [2.05, 4.69) is 252 Å².